The van der Waals surface area contributed by atoms with Crippen LogP contribution >= 0.6 is 0 Å². The number of fused-ring (bicyclic) bond motifs is 7. The Balaban J connectivity index is 2.12. The molecule has 0 fully saturated rings. The maximum atomic E-state index is 10.3. The summed E-state index contributed by atoms with van der Waals surface area (Å²) in [5.74, 6) is 0.291. The maximum absolute atomic E-state index is 10.3. The topological polar surface area (TPSA) is 33.4 Å². The van der Waals surface area contributed by atoms with Crippen LogP contribution in [0.1, 0.15) is 0 Å². The monoisotopic (exact) mass is 284 g/mol. The molecule has 0 saturated heterocycles. The highest BCUT2D eigenvalue weighted by Gasteiger charge is 2.14. The number of phenolic OH excluding ortho intramolecular Hbond substituents is 1. The van der Waals surface area contributed by atoms with Crippen LogP contribution in [0.3, 0.4) is 0 Å². The van der Waals surface area contributed by atoms with Gasteiger partial charge in [0.1, 0.15) is 16.9 Å². The van der Waals surface area contributed by atoms with Gasteiger partial charge in [0.25, 0.3) is 0 Å². The zero-order valence-electron chi connectivity index (χ0n) is 11.7. The normalized spacial score (nSPS) is 11.8. The molecule has 4 aromatic carbocycles. The Morgan fingerprint density at radius 1 is 0.636 bits per heavy atom. The molecule has 2 heteroatoms. The summed E-state index contributed by atoms with van der Waals surface area (Å²) in [6, 6.07) is 21.9. The molecule has 0 atom stereocenters. The molecule has 22 heavy (non-hydrogen) atoms. The molecule has 0 bridgehead atoms. The fourth-order valence-corrected chi connectivity index (χ4v) is 3.35. The fraction of sp³-hybridized carbons (Fsp3) is 0. The lowest BCUT2D eigenvalue weighted by Gasteiger charge is -2.02. The molecule has 1 N–H and O–H groups in total. The molecule has 0 unspecified atom stereocenters. The summed E-state index contributed by atoms with van der Waals surface area (Å²) in [7, 11) is 0. The van der Waals surface area contributed by atoms with Crippen LogP contribution in [-0.4, -0.2) is 5.11 Å². The van der Waals surface area contributed by atoms with Gasteiger partial charge in [-0.1, -0.05) is 48.5 Å². The molecular weight excluding hydrogens is 272 g/mol. The van der Waals surface area contributed by atoms with Crippen LogP contribution in [0.5, 0.6) is 5.75 Å². The lowest BCUT2D eigenvalue weighted by molar-refractivity contribution is 0.482. The molecule has 0 aliphatic rings. The predicted octanol–water partition coefficient (Wildman–Crippen LogP) is 5.60. The summed E-state index contributed by atoms with van der Waals surface area (Å²) in [4.78, 5) is 0. The molecule has 0 spiro atoms. The van der Waals surface area contributed by atoms with Crippen molar-refractivity contribution in [3.63, 3.8) is 0 Å². The zero-order valence-corrected chi connectivity index (χ0v) is 11.7. The van der Waals surface area contributed by atoms with Crippen molar-refractivity contribution in [3.8, 4) is 5.75 Å². The standard InChI is InChI=1S/C20H12O2/c21-16-7-3-5-13-9-11-17-19(18(13)16)15-10-8-12-4-1-2-6-14(12)20(15)22-17/h1-11,21H. The van der Waals surface area contributed by atoms with Gasteiger partial charge in [-0.05, 0) is 29.0 Å². The Labute approximate surface area is 126 Å². The number of hydrogen-bond acceptors (Lipinski definition) is 2. The Morgan fingerprint density at radius 3 is 2.41 bits per heavy atom. The van der Waals surface area contributed by atoms with Gasteiger partial charge in [-0.3, -0.25) is 0 Å². The average molecular weight is 284 g/mol. The van der Waals surface area contributed by atoms with Gasteiger partial charge in [-0.25, -0.2) is 0 Å². The van der Waals surface area contributed by atoms with Crippen molar-refractivity contribution >= 4 is 43.5 Å². The first-order chi connectivity index (χ1) is 10.8. The summed E-state index contributed by atoms with van der Waals surface area (Å²) in [5, 5.41) is 16.5. The van der Waals surface area contributed by atoms with E-state index in [1.54, 1.807) is 6.07 Å². The number of hydrogen-bond donors (Lipinski definition) is 1. The van der Waals surface area contributed by atoms with E-state index in [0.717, 1.165) is 43.5 Å². The van der Waals surface area contributed by atoms with Gasteiger partial charge >= 0.3 is 0 Å². The van der Waals surface area contributed by atoms with Gasteiger partial charge < -0.3 is 9.52 Å². The minimum absolute atomic E-state index is 0.291. The van der Waals surface area contributed by atoms with Crippen molar-refractivity contribution in [1.29, 1.82) is 0 Å². The summed E-state index contributed by atoms with van der Waals surface area (Å²) < 4.78 is 6.12. The third kappa shape index (κ3) is 1.39. The van der Waals surface area contributed by atoms with Crippen LogP contribution in [0.2, 0.25) is 0 Å². The maximum Gasteiger partial charge on any atom is 0.143 e. The van der Waals surface area contributed by atoms with Crippen molar-refractivity contribution in [2.75, 3.05) is 0 Å². The molecule has 104 valence electrons. The second-order valence-electron chi connectivity index (χ2n) is 5.58. The van der Waals surface area contributed by atoms with Crippen molar-refractivity contribution in [2.24, 2.45) is 0 Å². The Morgan fingerprint density at radius 2 is 1.45 bits per heavy atom. The van der Waals surface area contributed by atoms with E-state index in [0.29, 0.717) is 5.75 Å². The van der Waals surface area contributed by atoms with Gasteiger partial charge in [-0.2, -0.15) is 0 Å². The van der Waals surface area contributed by atoms with E-state index in [2.05, 4.69) is 24.3 Å². The molecule has 1 aromatic heterocycles. The molecule has 0 aliphatic carbocycles. The molecule has 0 aliphatic heterocycles. The van der Waals surface area contributed by atoms with E-state index in [9.17, 15) is 5.11 Å². The van der Waals surface area contributed by atoms with Crippen molar-refractivity contribution in [1.82, 2.24) is 0 Å². The quantitative estimate of drug-likeness (QED) is 0.401. The van der Waals surface area contributed by atoms with Crippen LogP contribution in [0.4, 0.5) is 0 Å². The van der Waals surface area contributed by atoms with Gasteiger partial charge in [0, 0.05) is 21.5 Å². The molecule has 0 saturated carbocycles. The minimum Gasteiger partial charge on any atom is -0.507 e. The van der Waals surface area contributed by atoms with E-state index in [1.165, 1.54) is 0 Å². The Hall–Kier alpha value is -3.00. The highest BCUT2D eigenvalue weighted by molar-refractivity contribution is 6.24. The number of benzene rings is 4. The Kier molecular flexibility index (Phi) is 2.12. The molecule has 2 nitrogen and oxygen atoms in total. The van der Waals surface area contributed by atoms with E-state index in [4.69, 9.17) is 4.42 Å². The van der Waals surface area contributed by atoms with Gasteiger partial charge in [0.05, 0.1) is 0 Å². The first-order valence-electron chi connectivity index (χ1n) is 7.27. The number of rotatable bonds is 0. The molecule has 5 rings (SSSR count). The summed E-state index contributed by atoms with van der Waals surface area (Å²) in [5.41, 5.74) is 1.68. The van der Waals surface area contributed by atoms with Gasteiger partial charge in [0.15, 0.2) is 0 Å². The summed E-state index contributed by atoms with van der Waals surface area (Å²) in [6.45, 7) is 0. The van der Waals surface area contributed by atoms with Crippen molar-refractivity contribution in [3.05, 3.63) is 66.7 Å². The van der Waals surface area contributed by atoms with E-state index in [1.807, 2.05) is 36.4 Å². The third-order valence-electron chi connectivity index (χ3n) is 4.35. The van der Waals surface area contributed by atoms with Crippen LogP contribution in [0, 0.1) is 0 Å². The number of aromatic hydroxyl groups is 1. The third-order valence-corrected chi connectivity index (χ3v) is 4.35. The highest BCUT2D eigenvalue weighted by atomic mass is 16.3. The highest BCUT2D eigenvalue weighted by Crippen LogP contribution is 2.40. The van der Waals surface area contributed by atoms with Crippen LogP contribution in [-0.2, 0) is 0 Å². The average Bonchev–Trinajstić information content (AvgIpc) is 2.94. The van der Waals surface area contributed by atoms with E-state index in [-0.39, 0.29) is 0 Å². The van der Waals surface area contributed by atoms with Crippen LogP contribution in [0.15, 0.2) is 71.1 Å². The SMILES string of the molecule is Oc1cccc2ccc3oc4c5ccccc5ccc4c3c12. The first-order valence-corrected chi connectivity index (χ1v) is 7.27. The molecular formula is C20H12O2. The number of furan rings is 1. The minimum atomic E-state index is 0.291. The van der Waals surface area contributed by atoms with Crippen LogP contribution < -0.4 is 0 Å². The molecule has 1 heterocycles. The number of phenols is 1. The zero-order chi connectivity index (χ0) is 14.7. The molecule has 5 aromatic rings. The smallest absolute Gasteiger partial charge is 0.143 e. The first kappa shape index (κ1) is 11.6. The van der Waals surface area contributed by atoms with Crippen molar-refractivity contribution < 1.29 is 9.52 Å². The summed E-state index contributed by atoms with van der Waals surface area (Å²) in [6.07, 6.45) is 0. The van der Waals surface area contributed by atoms with Crippen LogP contribution in [0.25, 0.3) is 43.5 Å². The lowest BCUT2D eigenvalue weighted by atomic mass is 10.0. The van der Waals surface area contributed by atoms with Gasteiger partial charge in [-0.15, -0.1) is 0 Å². The Bertz CT molecular complexity index is 1180. The predicted molar refractivity (Wildman–Crippen MR) is 90.4 cm³/mol. The second kappa shape index (κ2) is 4.01. The lowest BCUT2D eigenvalue weighted by Crippen LogP contribution is -1.76. The molecule has 0 radical (unpaired) electrons. The van der Waals surface area contributed by atoms with Gasteiger partial charge in [0.2, 0.25) is 0 Å². The summed E-state index contributed by atoms with van der Waals surface area (Å²) >= 11 is 0. The van der Waals surface area contributed by atoms with Crippen molar-refractivity contribution in [2.45, 2.75) is 0 Å². The molecule has 0 amide bonds. The second-order valence-corrected chi connectivity index (χ2v) is 5.58. The van der Waals surface area contributed by atoms with E-state index < -0.39 is 0 Å². The fourth-order valence-electron chi connectivity index (χ4n) is 3.35. The van der Waals surface area contributed by atoms with E-state index >= 15 is 0 Å². The largest absolute Gasteiger partial charge is 0.507 e.